The molecule has 0 bridgehead atoms. The van der Waals surface area contributed by atoms with Gasteiger partial charge in [-0.15, -0.1) is 4.48 Å². The number of aliphatic hydroxyl groups is 1. The van der Waals surface area contributed by atoms with Gasteiger partial charge in [-0.25, -0.2) is 9.78 Å². The zero-order valence-corrected chi connectivity index (χ0v) is 17.4. The molecule has 3 rings (SSSR count). The first-order valence-electron chi connectivity index (χ1n) is 9.75. The molecule has 2 aromatic heterocycles. The second kappa shape index (κ2) is 9.18. The molecule has 0 spiro atoms. The number of urea groups is 1. The van der Waals surface area contributed by atoms with Gasteiger partial charge in [0, 0.05) is 24.7 Å². The lowest BCUT2D eigenvalue weighted by molar-refractivity contribution is 0.0917. The number of aliphatic hydroxyl groups excluding tert-OH is 1. The Morgan fingerprint density at radius 3 is 2.87 bits per heavy atom. The van der Waals surface area contributed by atoms with Gasteiger partial charge in [-0.3, -0.25) is 4.79 Å². The van der Waals surface area contributed by atoms with E-state index < -0.39 is 10.5 Å². The van der Waals surface area contributed by atoms with Crippen LogP contribution in [0.15, 0.2) is 18.3 Å². The van der Waals surface area contributed by atoms with Crippen LogP contribution in [0, 0.1) is 11.3 Å². The van der Waals surface area contributed by atoms with Crippen molar-refractivity contribution in [3.63, 3.8) is 0 Å². The summed E-state index contributed by atoms with van der Waals surface area (Å²) in [5.41, 5.74) is 7.18. The van der Waals surface area contributed by atoms with Crippen molar-refractivity contribution >= 4 is 24.0 Å². The van der Waals surface area contributed by atoms with Crippen molar-refractivity contribution in [2.75, 3.05) is 20.3 Å². The smallest absolute Gasteiger partial charge is 0.426 e. The van der Waals surface area contributed by atoms with E-state index in [-0.39, 0.29) is 47.9 Å². The van der Waals surface area contributed by atoms with Crippen LogP contribution in [0.3, 0.4) is 0 Å². The van der Waals surface area contributed by atoms with Gasteiger partial charge in [-0.05, 0) is 19.4 Å². The number of pyridine rings is 2. The van der Waals surface area contributed by atoms with Gasteiger partial charge in [0.1, 0.15) is 35.7 Å². The van der Waals surface area contributed by atoms with E-state index in [1.54, 1.807) is 13.0 Å². The van der Waals surface area contributed by atoms with Gasteiger partial charge >= 0.3 is 6.03 Å². The number of amides is 2. The number of aryl methyl sites for hydroxylation is 1. The third-order valence-electron chi connectivity index (χ3n) is 5.24. The van der Waals surface area contributed by atoms with E-state index in [0.29, 0.717) is 36.9 Å². The van der Waals surface area contributed by atoms with Crippen LogP contribution >= 0.6 is 0 Å². The highest BCUT2D eigenvalue weighted by atomic mass is 16.5. The SMILES string of the molecule is COCC(C)Oc1cc([N+]2(C(N)=O)CCCc3cc(CO)c(C=O)nc32)ncc1C#N. The van der Waals surface area contributed by atoms with Crippen LogP contribution in [0.4, 0.5) is 16.4 Å². The molecule has 10 heteroatoms. The molecule has 0 saturated carbocycles. The van der Waals surface area contributed by atoms with Crippen LogP contribution in [0.2, 0.25) is 0 Å². The molecule has 3 N–H and O–H groups in total. The minimum absolute atomic E-state index is 0.0331. The van der Waals surface area contributed by atoms with E-state index in [1.807, 2.05) is 6.07 Å². The number of methoxy groups -OCH3 is 1. The fourth-order valence-corrected chi connectivity index (χ4v) is 3.82. The Balaban J connectivity index is 2.21. The van der Waals surface area contributed by atoms with Gasteiger partial charge in [0.2, 0.25) is 11.6 Å². The fourth-order valence-electron chi connectivity index (χ4n) is 3.82. The first-order valence-corrected chi connectivity index (χ1v) is 9.75. The second-order valence-electron chi connectivity index (χ2n) is 7.30. The summed E-state index contributed by atoms with van der Waals surface area (Å²) in [7, 11) is 1.54. The van der Waals surface area contributed by atoms with Crippen molar-refractivity contribution in [3.8, 4) is 11.8 Å². The summed E-state index contributed by atoms with van der Waals surface area (Å²) in [5, 5.41) is 19.0. The first-order chi connectivity index (χ1) is 14.9. The van der Waals surface area contributed by atoms with Crippen molar-refractivity contribution in [2.24, 2.45) is 5.73 Å². The molecule has 0 aromatic carbocycles. The Morgan fingerprint density at radius 1 is 1.48 bits per heavy atom. The summed E-state index contributed by atoms with van der Waals surface area (Å²) >= 11 is 0. The van der Waals surface area contributed by atoms with Gasteiger partial charge in [-0.2, -0.15) is 10.2 Å². The molecule has 2 atom stereocenters. The Hall–Kier alpha value is -3.39. The minimum Gasteiger partial charge on any atom is -0.487 e. The summed E-state index contributed by atoms with van der Waals surface area (Å²) in [6, 6.07) is 4.48. The van der Waals surface area contributed by atoms with E-state index in [1.165, 1.54) is 19.4 Å². The largest absolute Gasteiger partial charge is 0.487 e. The quantitative estimate of drug-likeness (QED) is 0.502. The van der Waals surface area contributed by atoms with Gasteiger partial charge in [0.25, 0.3) is 0 Å². The number of rotatable bonds is 7. The van der Waals surface area contributed by atoms with Crippen molar-refractivity contribution in [1.82, 2.24) is 14.5 Å². The van der Waals surface area contributed by atoms with Gasteiger partial charge in [0.15, 0.2) is 6.29 Å². The summed E-state index contributed by atoms with van der Waals surface area (Å²) < 4.78 is 10.4. The molecular formula is C21H24N5O5+. The number of primary amides is 1. The maximum absolute atomic E-state index is 12.8. The predicted octanol–water partition coefficient (Wildman–Crippen LogP) is 1.73. The normalized spacial score (nSPS) is 18.5. The number of fused-ring (bicyclic) bond motifs is 1. The maximum atomic E-state index is 12.8. The van der Waals surface area contributed by atoms with Crippen LogP contribution in [-0.4, -0.2) is 53.8 Å². The topological polar surface area (TPSA) is 148 Å². The lowest BCUT2D eigenvalue weighted by atomic mass is 9.99. The fraction of sp³-hybridized carbons (Fsp3) is 0.381. The van der Waals surface area contributed by atoms with Gasteiger partial charge in [-0.1, -0.05) is 0 Å². The molecule has 2 unspecified atom stereocenters. The van der Waals surface area contributed by atoms with Crippen LogP contribution in [0.1, 0.15) is 40.5 Å². The molecular weight excluding hydrogens is 402 g/mol. The molecule has 0 fully saturated rings. The highest BCUT2D eigenvalue weighted by molar-refractivity contribution is 5.93. The minimum atomic E-state index is -0.727. The number of hydrogen-bond donors (Lipinski definition) is 2. The van der Waals surface area contributed by atoms with Gasteiger partial charge in [0.05, 0.1) is 25.5 Å². The van der Waals surface area contributed by atoms with Crippen LogP contribution in [0.25, 0.3) is 0 Å². The zero-order valence-electron chi connectivity index (χ0n) is 17.4. The van der Waals surface area contributed by atoms with Crippen molar-refractivity contribution in [1.29, 1.82) is 5.26 Å². The lowest BCUT2D eigenvalue weighted by Gasteiger charge is -2.35. The molecule has 1 aliphatic rings. The standard InChI is InChI=1S/C21H23N5O5/c1-13(12-30-2)31-18-7-19(24-9-16(18)8-22)26(21(23)29)5-3-4-14-6-15(10-27)17(11-28)25-20(14)26/h6-7,9,11,13,27H,3-5,10,12H2,1-2H3,(H-,23,29)/p+1. The number of hydrogen-bond acceptors (Lipinski definition) is 8. The van der Waals surface area contributed by atoms with Crippen LogP contribution in [-0.2, 0) is 17.8 Å². The summed E-state index contributed by atoms with van der Waals surface area (Å²) in [5.74, 6) is 0.754. The molecule has 2 aromatic rings. The number of quaternary nitrogens is 1. The maximum Gasteiger partial charge on any atom is 0.426 e. The summed E-state index contributed by atoms with van der Waals surface area (Å²) in [6.07, 6.45) is 2.70. The average Bonchev–Trinajstić information content (AvgIpc) is 2.77. The van der Waals surface area contributed by atoms with Crippen LogP contribution in [0.5, 0.6) is 5.75 Å². The molecule has 1 aliphatic heterocycles. The third kappa shape index (κ3) is 3.98. The van der Waals surface area contributed by atoms with E-state index in [2.05, 4.69) is 9.97 Å². The number of nitriles is 1. The van der Waals surface area contributed by atoms with Crippen molar-refractivity contribution < 1.29 is 24.2 Å². The molecule has 162 valence electrons. The highest BCUT2D eigenvalue weighted by Crippen LogP contribution is 2.41. The highest BCUT2D eigenvalue weighted by Gasteiger charge is 2.48. The zero-order chi connectivity index (χ0) is 22.6. The number of aromatic nitrogens is 2. The molecule has 0 aliphatic carbocycles. The summed E-state index contributed by atoms with van der Waals surface area (Å²) in [4.78, 5) is 33.1. The number of carbonyl (C=O) groups is 2. The van der Waals surface area contributed by atoms with Crippen LogP contribution < -0.4 is 15.0 Å². The van der Waals surface area contributed by atoms with Gasteiger partial charge < -0.3 is 20.3 Å². The predicted molar refractivity (Wildman–Crippen MR) is 111 cm³/mol. The Morgan fingerprint density at radius 2 is 2.26 bits per heavy atom. The van der Waals surface area contributed by atoms with Crippen molar-refractivity contribution in [2.45, 2.75) is 32.5 Å². The molecule has 0 radical (unpaired) electrons. The monoisotopic (exact) mass is 426 g/mol. The first kappa shape index (κ1) is 22.3. The number of aldehydes is 1. The molecule has 3 heterocycles. The molecule has 10 nitrogen and oxygen atoms in total. The van der Waals surface area contributed by atoms with E-state index in [4.69, 9.17) is 15.2 Å². The number of ether oxygens (including phenoxy) is 2. The number of carbonyl (C=O) groups excluding carboxylic acids is 2. The molecule has 2 amide bonds. The average molecular weight is 426 g/mol. The molecule has 0 saturated heterocycles. The van der Waals surface area contributed by atoms with E-state index in [9.17, 15) is 20.0 Å². The lowest BCUT2D eigenvalue weighted by Crippen LogP contribution is -2.56. The number of nitrogens with two attached hydrogens (primary N) is 1. The number of nitrogens with zero attached hydrogens (tertiary/aromatic N) is 4. The Bertz CT molecular complexity index is 1050. The van der Waals surface area contributed by atoms with Crippen molar-refractivity contribution in [3.05, 3.63) is 40.7 Å². The van der Waals surface area contributed by atoms with E-state index >= 15 is 0 Å². The Kier molecular flexibility index (Phi) is 6.60. The third-order valence-corrected chi connectivity index (χ3v) is 5.24. The summed E-state index contributed by atoms with van der Waals surface area (Å²) in [6.45, 7) is 2.01. The molecule has 31 heavy (non-hydrogen) atoms. The Labute approximate surface area is 179 Å². The second-order valence-corrected chi connectivity index (χ2v) is 7.30. The van der Waals surface area contributed by atoms with E-state index in [0.717, 1.165) is 0 Å².